The van der Waals surface area contributed by atoms with Gasteiger partial charge in [0.05, 0.1) is 13.2 Å². The molecule has 0 fully saturated rings. The minimum Gasteiger partial charge on any atom is -0.395 e. The Bertz CT molecular complexity index is 972. The summed E-state index contributed by atoms with van der Waals surface area (Å²) in [6.45, 7) is 1.80. The van der Waals surface area contributed by atoms with Gasteiger partial charge in [-0.25, -0.2) is 0 Å². The smallest absolute Gasteiger partial charge is 0.246 e. The summed E-state index contributed by atoms with van der Waals surface area (Å²) in [6, 6.07) is 17.1. The van der Waals surface area contributed by atoms with E-state index in [1.807, 2.05) is 61.5 Å². The van der Waals surface area contributed by atoms with Crippen LogP contribution in [0.3, 0.4) is 0 Å². The number of amides is 2. The number of aryl methyl sites for hydroxylation is 1. The summed E-state index contributed by atoms with van der Waals surface area (Å²) in [6.07, 6.45) is 0. The summed E-state index contributed by atoms with van der Waals surface area (Å²) in [5, 5.41) is 24.2. The van der Waals surface area contributed by atoms with Crippen LogP contribution < -0.4 is 5.32 Å². The zero-order chi connectivity index (χ0) is 21.3. The minimum atomic E-state index is -0.383. The number of aromatic nitrogens is 4. The van der Waals surface area contributed by atoms with Crippen LogP contribution >= 0.6 is 0 Å². The number of hydrogen-bond acceptors (Lipinski definition) is 6. The first-order valence-corrected chi connectivity index (χ1v) is 9.59. The van der Waals surface area contributed by atoms with Crippen molar-refractivity contribution < 1.29 is 14.7 Å². The van der Waals surface area contributed by atoms with Gasteiger partial charge in [0.15, 0.2) is 0 Å². The van der Waals surface area contributed by atoms with Crippen LogP contribution in [0.15, 0.2) is 54.6 Å². The van der Waals surface area contributed by atoms with Crippen molar-refractivity contribution in [2.75, 3.05) is 19.7 Å². The second-order valence-corrected chi connectivity index (χ2v) is 6.81. The van der Waals surface area contributed by atoms with Crippen LogP contribution in [-0.2, 0) is 22.7 Å². The molecule has 156 valence electrons. The van der Waals surface area contributed by atoms with E-state index < -0.39 is 0 Å². The zero-order valence-corrected chi connectivity index (χ0v) is 16.7. The van der Waals surface area contributed by atoms with E-state index in [0.29, 0.717) is 12.4 Å². The average Bonchev–Trinajstić information content (AvgIpc) is 3.21. The largest absolute Gasteiger partial charge is 0.395 e. The van der Waals surface area contributed by atoms with Crippen LogP contribution in [0, 0.1) is 6.92 Å². The molecule has 0 unspecified atom stereocenters. The maximum Gasteiger partial charge on any atom is 0.246 e. The Labute approximate surface area is 174 Å². The molecule has 2 aromatic carbocycles. The van der Waals surface area contributed by atoms with E-state index in [1.54, 1.807) is 0 Å². The first kappa shape index (κ1) is 21.1. The Morgan fingerprint density at radius 1 is 1.10 bits per heavy atom. The lowest BCUT2D eigenvalue weighted by Gasteiger charge is -2.20. The molecule has 3 aromatic rings. The highest BCUT2D eigenvalue weighted by Gasteiger charge is 2.18. The predicted octanol–water partition coefficient (Wildman–Crippen LogP) is 0.786. The molecule has 1 aromatic heterocycles. The van der Waals surface area contributed by atoms with Crippen LogP contribution in [0.4, 0.5) is 0 Å². The quantitative estimate of drug-likeness (QED) is 0.541. The van der Waals surface area contributed by atoms with Crippen molar-refractivity contribution in [1.82, 2.24) is 30.4 Å². The Morgan fingerprint density at radius 2 is 1.83 bits per heavy atom. The van der Waals surface area contributed by atoms with Crippen molar-refractivity contribution in [2.45, 2.75) is 20.0 Å². The standard InChI is InChI=1S/C21H24N6O3/c1-16-7-9-18(10-8-16)21-23-25-27(24-21)15-20(30)26(11-12-28)14-19(29)22-13-17-5-3-2-4-6-17/h2-10,28H,11-15H2,1H3,(H,22,29). The second kappa shape index (κ2) is 10.3. The fourth-order valence-corrected chi connectivity index (χ4v) is 2.79. The fourth-order valence-electron chi connectivity index (χ4n) is 2.79. The van der Waals surface area contributed by atoms with E-state index in [4.69, 9.17) is 0 Å². The Balaban J connectivity index is 1.57. The molecule has 9 heteroatoms. The lowest BCUT2D eigenvalue weighted by Crippen LogP contribution is -2.43. The summed E-state index contributed by atoms with van der Waals surface area (Å²) in [5.74, 6) is -0.281. The summed E-state index contributed by atoms with van der Waals surface area (Å²) in [4.78, 5) is 27.3. The van der Waals surface area contributed by atoms with E-state index >= 15 is 0 Å². The molecule has 30 heavy (non-hydrogen) atoms. The summed E-state index contributed by atoms with van der Waals surface area (Å²) in [7, 11) is 0. The molecule has 0 aliphatic rings. The monoisotopic (exact) mass is 408 g/mol. The maximum atomic E-state index is 12.6. The molecule has 0 spiro atoms. The molecule has 3 rings (SSSR count). The average molecular weight is 408 g/mol. The Morgan fingerprint density at radius 3 is 2.53 bits per heavy atom. The number of hydrogen-bond donors (Lipinski definition) is 2. The third-order valence-electron chi connectivity index (χ3n) is 4.43. The molecule has 0 bridgehead atoms. The highest BCUT2D eigenvalue weighted by atomic mass is 16.3. The van der Waals surface area contributed by atoms with E-state index in [2.05, 4.69) is 20.7 Å². The molecule has 1 heterocycles. The van der Waals surface area contributed by atoms with Gasteiger partial charge in [0, 0.05) is 18.7 Å². The van der Waals surface area contributed by atoms with Crippen molar-refractivity contribution in [2.24, 2.45) is 0 Å². The van der Waals surface area contributed by atoms with Crippen molar-refractivity contribution in [1.29, 1.82) is 0 Å². The van der Waals surface area contributed by atoms with Gasteiger partial charge in [0.2, 0.25) is 17.6 Å². The number of rotatable bonds is 9. The number of carbonyl (C=O) groups is 2. The van der Waals surface area contributed by atoms with Crippen LogP contribution in [-0.4, -0.2) is 61.7 Å². The molecule has 0 atom stereocenters. The lowest BCUT2D eigenvalue weighted by atomic mass is 10.1. The van der Waals surface area contributed by atoms with Gasteiger partial charge in [-0.15, -0.1) is 10.2 Å². The van der Waals surface area contributed by atoms with Gasteiger partial charge in [-0.05, 0) is 17.7 Å². The molecule has 2 amide bonds. The fraction of sp³-hybridized carbons (Fsp3) is 0.286. The lowest BCUT2D eigenvalue weighted by molar-refractivity contribution is -0.137. The van der Waals surface area contributed by atoms with Crippen LogP contribution in [0.25, 0.3) is 11.4 Å². The predicted molar refractivity (Wildman–Crippen MR) is 110 cm³/mol. The molecule has 0 saturated carbocycles. The topological polar surface area (TPSA) is 113 Å². The summed E-state index contributed by atoms with van der Waals surface area (Å²) < 4.78 is 0. The number of carbonyl (C=O) groups excluding carboxylic acids is 2. The van der Waals surface area contributed by atoms with Crippen molar-refractivity contribution in [3.63, 3.8) is 0 Å². The van der Waals surface area contributed by atoms with Crippen LogP contribution in [0.5, 0.6) is 0 Å². The Hall–Kier alpha value is -3.59. The van der Waals surface area contributed by atoms with Crippen LogP contribution in [0.2, 0.25) is 0 Å². The minimum absolute atomic E-state index is 0.0388. The normalized spacial score (nSPS) is 10.6. The van der Waals surface area contributed by atoms with Crippen LogP contribution in [0.1, 0.15) is 11.1 Å². The van der Waals surface area contributed by atoms with Gasteiger partial charge in [-0.2, -0.15) is 4.80 Å². The van der Waals surface area contributed by atoms with E-state index in [1.165, 1.54) is 9.70 Å². The number of benzene rings is 2. The van der Waals surface area contributed by atoms with Gasteiger partial charge in [-0.3, -0.25) is 9.59 Å². The first-order valence-electron chi connectivity index (χ1n) is 9.59. The van der Waals surface area contributed by atoms with Gasteiger partial charge < -0.3 is 15.3 Å². The van der Waals surface area contributed by atoms with Gasteiger partial charge >= 0.3 is 0 Å². The Kier molecular flexibility index (Phi) is 7.23. The second-order valence-electron chi connectivity index (χ2n) is 6.81. The molecule has 0 aliphatic carbocycles. The van der Waals surface area contributed by atoms with E-state index in [-0.39, 0.29) is 38.1 Å². The molecule has 0 saturated heterocycles. The SMILES string of the molecule is Cc1ccc(-c2nnn(CC(=O)N(CCO)CC(=O)NCc3ccccc3)n2)cc1. The molecular weight excluding hydrogens is 384 g/mol. The van der Waals surface area contributed by atoms with E-state index in [9.17, 15) is 14.7 Å². The van der Waals surface area contributed by atoms with Gasteiger partial charge in [-0.1, -0.05) is 60.2 Å². The highest BCUT2D eigenvalue weighted by molar-refractivity contribution is 5.84. The molecular formula is C21H24N6O3. The molecule has 0 radical (unpaired) electrons. The molecule has 2 N–H and O–H groups in total. The van der Waals surface area contributed by atoms with Gasteiger partial charge in [0.25, 0.3) is 0 Å². The summed E-state index contributed by atoms with van der Waals surface area (Å²) >= 11 is 0. The third-order valence-corrected chi connectivity index (χ3v) is 4.43. The third kappa shape index (κ3) is 5.95. The number of tetrazole rings is 1. The van der Waals surface area contributed by atoms with Crippen molar-refractivity contribution in [3.8, 4) is 11.4 Å². The number of nitrogens with zero attached hydrogens (tertiary/aromatic N) is 5. The molecule has 0 aliphatic heterocycles. The summed E-state index contributed by atoms with van der Waals surface area (Å²) in [5.41, 5.74) is 2.87. The zero-order valence-electron chi connectivity index (χ0n) is 16.7. The number of aliphatic hydroxyl groups excluding tert-OH is 1. The van der Waals surface area contributed by atoms with Crippen molar-refractivity contribution in [3.05, 3.63) is 65.7 Å². The number of aliphatic hydroxyl groups is 1. The highest BCUT2D eigenvalue weighted by Crippen LogP contribution is 2.13. The number of nitrogens with one attached hydrogen (secondary N) is 1. The maximum absolute atomic E-state index is 12.6. The first-order chi connectivity index (χ1) is 14.5. The molecule has 9 nitrogen and oxygen atoms in total. The van der Waals surface area contributed by atoms with Crippen molar-refractivity contribution >= 4 is 11.8 Å². The van der Waals surface area contributed by atoms with Gasteiger partial charge in [0.1, 0.15) is 6.54 Å². The van der Waals surface area contributed by atoms with E-state index in [0.717, 1.165) is 16.7 Å².